The number of nitrogens with one attached hydrogen (secondary N) is 2. The first kappa shape index (κ1) is 34.4. The van der Waals surface area contributed by atoms with Crippen LogP contribution in [0.2, 0.25) is 0 Å². The van der Waals surface area contributed by atoms with Crippen LogP contribution in [-0.4, -0.2) is 62.1 Å². The van der Waals surface area contributed by atoms with Gasteiger partial charge in [-0.2, -0.15) is 26.3 Å². The predicted octanol–water partition coefficient (Wildman–Crippen LogP) is 1.08. The average Bonchev–Trinajstić information content (AvgIpc) is 2.30. The summed E-state index contributed by atoms with van der Waals surface area (Å²) in [5.41, 5.74) is -11.3. The third kappa shape index (κ3) is 23.8. The molecule has 0 aromatic carbocycles. The van der Waals surface area contributed by atoms with Gasteiger partial charge in [-0.3, -0.25) is 0 Å². The van der Waals surface area contributed by atoms with E-state index in [9.17, 15) is 26.3 Å². The van der Waals surface area contributed by atoms with E-state index in [0.717, 1.165) is 13.1 Å². The summed E-state index contributed by atoms with van der Waals surface area (Å²) in [5, 5.41) is 6.68. The summed E-state index contributed by atoms with van der Waals surface area (Å²) in [6, 6.07) is 1.21. The summed E-state index contributed by atoms with van der Waals surface area (Å²) in [5.74, 6) is 0. The maximum absolute atomic E-state index is 10.7. The van der Waals surface area contributed by atoms with E-state index in [1.807, 2.05) is 0 Å². The van der Waals surface area contributed by atoms with Crippen LogP contribution in [-0.2, 0) is 37.3 Å². The van der Waals surface area contributed by atoms with E-state index in [-0.39, 0.29) is 17.1 Å². The Kier molecular flexibility index (Phi) is 17.7. The molecule has 0 aromatic rings. The van der Waals surface area contributed by atoms with Crippen LogP contribution in [0, 0.1) is 0 Å². The Morgan fingerprint density at radius 2 is 0.852 bits per heavy atom. The number of rotatable bonds is 5. The predicted molar refractivity (Wildman–Crippen MR) is 77.8 cm³/mol. The first-order valence-corrected chi connectivity index (χ1v) is 9.45. The molecule has 0 bridgehead atoms. The van der Waals surface area contributed by atoms with Crippen LogP contribution in [0.4, 0.5) is 26.3 Å². The fraction of sp³-hybridized carbons (Fsp3) is 1.00. The molecule has 0 rings (SSSR count). The van der Waals surface area contributed by atoms with E-state index < -0.39 is 31.3 Å². The van der Waals surface area contributed by atoms with Crippen LogP contribution < -0.4 is 10.6 Å². The van der Waals surface area contributed by atoms with Gasteiger partial charge in [0.05, 0.1) is 0 Å². The van der Waals surface area contributed by atoms with Gasteiger partial charge in [-0.15, -0.1) is 0 Å². The quantitative estimate of drug-likeness (QED) is 0.186. The Bertz CT molecular complexity index is 526. The summed E-state index contributed by atoms with van der Waals surface area (Å²) in [7, 11) is -12.2. The number of halogens is 6. The maximum Gasteiger partial charge on any atom is 2.00 e. The molecule has 0 atom stereocenters. The van der Waals surface area contributed by atoms with Crippen molar-refractivity contribution in [1.82, 2.24) is 10.6 Å². The maximum atomic E-state index is 10.7. The third-order valence-corrected chi connectivity index (χ3v) is 2.93. The third-order valence-electron chi connectivity index (χ3n) is 1.80. The fourth-order valence-electron chi connectivity index (χ4n) is 0.722. The number of hydrogen-bond acceptors (Lipinski definition) is 8. The summed E-state index contributed by atoms with van der Waals surface area (Å²) >= 11 is 0. The van der Waals surface area contributed by atoms with Crippen molar-refractivity contribution in [2.75, 3.05) is 13.1 Å². The van der Waals surface area contributed by atoms with E-state index in [0.29, 0.717) is 12.1 Å². The molecule has 0 spiro atoms. The smallest absolute Gasteiger partial charge is 0.741 e. The fourth-order valence-corrected chi connectivity index (χ4v) is 0.722. The molecule has 0 aromatic heterocycles. The van der Waals surface area contributed by atoms with Crippen molar-refractivity contribution < 1.29 is 69.4 Å². The molecular weight excluding hydrogens is 486 g/mol. The van der Waals surface area contributed by atoms with E-state index in [4.69, 9.17) is 25.9 Å². The van der Waals surface area contributed by atoms with E-state index in [1.54, 1.807) is 0 Å². The van der Waals surface area contributed by atoms with Crippen molar-refractivity contribution in [1.29, 1.82) is 0 Å². The van der Waals surface area contributed by atoms with E-state index in [1.165, 1.54) is 0 Å². The molecule has 0 aliphatic carbocycles. The van der Waals surface area contributed by atoms with Gasteiger partial charge in [0.2, 0.25) is 0 Å². The largest absolute Gasteiger partial charge is 2.00 e. The van der Waals surface area contributed by atoms with Gasteiger partial charge in [-0.25, -0.2) is 16.8 Å². The molecule has 17 heteroatoms. The molecule has 27 heavy (non-hydrogen) atoms. The minimum atomic E-state index is -6.09. The number of hydrogen-bond donors (Lipinski definition) is 2. The molecule has 0 saturated heterocycles. The summed E-state index contributed by atoms with van der Waals surface area (Å²) < 4.78 is 118. The Balaban J connectivity index is -0.000000146. The zero-order valence-corrected chi connectivity index (χ0v) is 17.0. The second-order valence-electron chi connectivity index (χ2n) is 5.02. The molecule has 0 aliphatic heterocycles. The van der Waals surface area contributed by atoms with Gasteiger partial charge < -0.3 is 19.7 Å². The molecule has 1 radical (unpaired) electrons. The van der Waals surface area contributed by atoms with Crippen molar-refractivity contribution in [3.8, 4) is 0 Å². The molecule has 0 fully saturated rings. The van der Waals surface area contributed by atoms with Gasteiger partial charge in [-0.05, 0) is 0 Å². The van der Waals surface area contributed by atoms with Gasteiger partial charge in [0, 0.05) is 25.2 Å². The zero-order chi connectivity index (χ0) is 22.0. The molecular formula is C10H20CuF6N2O6S2. The Hall–Kier alpha value is -0.161. The summed E-state index contributed by atoms with van der Waals surface area (Å²) in [4.78, 5) is 0. The first-order valence-electron chi connectivity index (χ1n) is 6.64. The van der Waals surface area contributed by atoms with Gasteiger partial charge >= 0.3 is 28.1 Å². The van der Waals surface area contributed by atoms with Crippen molar-refractivity contribution in [2.24, 2.45) is 0 Å². The molecule has 0 unspecified atom stereocenters. The van der Waals surface area contributed by atoms with Gasteiger partial charge in [0.15, 0.2) is 20.2 Å². The SMILES string of the molecule is CC(C)NCCNC(C)C.O=S(=O)([O-])C(F)(F)F.O=S(=O)([O-])C(F)(F)F.[Cu+2]. The second kappa shape index (κ2) is 13.9. The van der Waals surface area contributed by atoms with Crippen LogP contribution in [0.15, 0.2) is 0 Å². The van der Waals surface area contributed by atoms with Crippen LogP contribution in [0.3, 0.4) is 0 Å². The number of alkyl halides is 6. The van der Waals surface area contributed by atoms with Crippen LogP contribution in [0.25, 0.3) is 0 Å². The van der Waals surface area contributed by atoms with Crippen molar-refractivity contribution >= 4 is 20.2 Å². The standard InChI is InChI=1S/C8H20N2.2CHF3O3S.Cu/c1-7(2)9-5-6-10-8(3)4;2*2-1(3,4)8(5,6)7;/h7-10H,5-6H2,1-4H3;2*(H,5,6,7);/q;;;+2/p-2. The van der Waals surface area contributed by atoms with E-state index >= 15 is 0 Å². The summed E-state index contributed by atoms with van der Waals surface area (Å²) in [6.45, 7) is 10.8. The van der Waals surface area contributed by atoms with Gasteiger partial charge in [0.1, 0.15) is 0 Å². The zero-order valence-electron chi connectivity index (χ0n) is 14.4. The van der Waals surface area contributed by atoms with Crippen molar-refractivity contribution in [3.63, 3.8) is 0 Å². The average molecular weight is 506 g/mol. The van der Waals surface area contributed by atoms with Crippen LogP contribution in [0.5, 0.6) is 0 Å². The minimum absolute atomic E-state index is 0. The Labute approximate surface area is 164 Å². The topological polar surface area (TPSA) is 138 Å². The minimum Gasteiger partial charge on any atom is -0.741 e. The Morgan fingerprint density at radius 3 is 0.926 bits per heavy atom. The summed E-state index contributed by atoms with van der Waals surface area (Å²) in [6.07, 6.45) is 0. The Morgan fingerprint density at radius 1 is 0.704 bits per heavy atom. The van der Waals surface area contributed by atoms with Crippen molar-refractivity contribution in [3.05, 3.63) is 0 Å². The molecule has 171 valence electrons. The molecule has 0 aliphatic rings. The molecule has 0 amide bonds. The second-order valence-corrected chi connectivity index (χ2v) is 7.76. The van der Waals surface area contributed by atoms with Crippen LogP contribution in [0.1, 0.15) is 27.7 Å². The van der Waals surface area contributed by atoms with Crippen LogP contribution >= 0.6 is 0 Å². The van der Waals surface area contributed by atoms with Gasteiger partial charge in [-0.1, -0.05) is 27.7 Å². The molecule has 0 heterocycles. The van der Waals surface area contributed by atoms with Gasteiger partial charge in [0.25, 0.3) is 0 Å². The monoisotopic (exact) mass is 505 g/mol. The normalized spacial score (nSPS) is 12.5. The first-order chi connectivity index (χ1) is 11.1. The molecule has 2 N–H and O–H groups in total. The molecule has 0 saturated carbocycles. The molecule has 8 nitrogen and oxygen atoms in total. The van der Waals surface area contributed by atoms with E-state index in [2.05, 4.69) is 38.3 Å². The van der Waals surface area contributed by atoms with Crippen molar-refractivity contribution in [2.45, 2.75) is 50.8 Å².